The van der Waals surface area contributed by atoms with Crippen LogP contribution in [0.15, 0.2) is 108 Å². The Kier molecular flexibility index (Phi) is 8.76. The molecule has 4 aromatic carbocycles. The molecule has 3 amide bonds. The number of rotatable bonds is 9. The highest BCUT2D eigenvalue weighted by Crippen LogP contribution is 2.20. The van der Waals surface area contributed by atoms with Gasteiger partial charge in [0.15, 0.2) is 0 Å². The minimum atomic E-state index is -4.27. The number of carbonyl (C=O) groups excluding carboxylic acids is 3. The zero-order chi connectivity index (χ0) is 28.7. The van der Waals surface area contributed by atoms with Crippen LogP contribution in [0.5, 0.6) is 0 Å². The van der Waals surface area contributed by atoms with Crippen molar-refractivity contribution in [3.8, 4) is 0 Å². The van der Waals surface area contributed by atoms with Crippen molar-refractivity contribution < 1.29 is 22.8 Å². The van der Waals surface area contributed by atoms with Crippen molar-refractivity contribution in [1.29, 1.82) is 0 Å². The number of likely N-dealkylation sites (N-methyl/N-ethyl adjacent to an activating group) is 1. The predicted octanol–water partition coefficient (Wildman–Crippen LogP) is 4.85. The van der Waals surface area contributed by atoms with Crippen LogP contribution in [0.2, 0.25) is 0 Å². The quantitative estimate of drug-likeness (QED) is 0.174. The van der Waals surface area contributed by atoms with Crippen LogP contribution in [0, 0.1) is 0 Å². The molecule has 204 valence electrons. The number of benzene rings is 4. The van der Waals surface area contributed by atoms with Crippen molar-refractivity contribution in [2.45, 2.75) is 18.7 Å². The number of sulfonamides is 1. The van der Waals surface area contributed by atoms with E-state index < -0.39 is 21.8 Å². The van der Waals surface area contributed by atoms with E-state index in [9.17, 15) is 22.8 Å². The van der Waals surface area contributed by atoms with Crippen LogP contribution >= 0.6 is 0 Å². The minimum absolute atomic E-state index is 0.0901. The molecule has 0 bridgehead atoms. The molecule has 0 unspecified atom stereocenters. The average Bonchev–Trinajstić information content (AvgIpc) is 2.97. The molecule has 40 heavy (non-hydrogen) atoms. The summed E-state index contributed by atoms with van der Waals surface area (Å²) in [7, 11) is -4.27. The van der Waals surface area contributed by atoms with E-state index in [2.05, 4.69) is 10.0 Å². The maximum atomic E-state index is 13.3. The van der Waals surface area contributed by atoms with Crippen LogP contribution in [-0.4, -0.2) is 44.1 Å². The number of nitrogens with zero attached hydrogens (tertiary/aromatic N) is 1. The lowest BCUT2D eigenvalue weighted by atomic mass is 10.1. The lowest BCUT2D eigenvalue weighted by Crippen LogP contribution is -2.39. The molecule has 9 heteroatoms. The van der Waals surface area contributed by atoms with E-state index in [1.54, 1.807) is 80.6 Å². The summed E-state index contributed by atoms with van der Waals surface area (Å²) in [5.41, 5.74) is 1.18. The Hall–Kier alpha value is -4.76. The smallest absolute Gasteiger partial charge is 0.270 e. The normalized spacial score (nSPS) is 11.6. The Balaban J connectivity index is 1.60. The summed E-state index contributed by atoms with van der Waals surface area (Å²) < 4.78 is 28.3. The Morgan fingerprint density at radius 1 is 0.775 bits per heavy atom. The van der Waals surface area contributed by atoms with Gasteiger partial charge in [0.2, 0.25) is 0 Å². The van der Waals surface area contributed by atoms with Crippen molar-refractivity contribution in [2.24, 2.45) is 0 Å². The van der Waals surface area contributed by atoms with Gasteiger partial charge in [-0.05, 0) is 72.7 Å². The first-order valence-corrected chi connectivity index (χ1v) is 14.2. The zero-order valence-electron chi connectivity index (χ0n) is 22.1. The molecule has 0 aliphatic heterocycles. The fourth-order valence-electron chi connectivity index (χ4n) is 4.10. The van der Waals surface area contributed by atoms with Crippen LogP contribution in [0.25, 0.3) is 16.8 Å². The third kappa shape index (κ3) is 6.62. The fraction of sp³-hybridized carbons (Fsp3) is 0.129. The highest BCUT2D eigenvalue weighted by Gasteiger charge is 2.27. The SMILES string of the molecule is CCN(CC)C(=O)C(=Cc1ccc(NC(=O)c2ccccc2)cc1)C(=O)NS(=O)(=O)c1ccc2ccccc2c1. The van der Waals surface area contributed by atoms with Crippen molar-refractivity contribution in [1.82, 2.24) is 9.62 Å². The molecule has 0 aliphatic carbocycles. The number of hydrogen-bond acceptors (Lipinski definition) is 5. The maximum Gasteiger partial charge on any atom is 0.270 e. The predicted molar refractivity (Wildman–Crippen MR) is 156 cm³/mol. The van der Waals surface area contributed by atoms with E-state index in [1.807, 2.05) is 18.2 Å². The van der Waals surface area contributed by atoms with Gasteiger partial charge in [-0.2, -0.15) is 0 Å². The van der Waals surface area contributed by atoms with Gasteiger partial charge in [0.25, 0.3) is 27.7 Å². The summed E-state index contributed by atoms with van der Waals surface area (Å²) >= 11 is 0. The molecule has 0 atom stereocenters. The summed E-state index contributed by atoms with van der Waals surface area (Å²) in [5.74, 6) is -1.91. The van der Waals surface area contributed by atoms with Gasteiger partial charge in [-0.25, -0.2) is 13.1 Å². The number of hydrogen-bond donors (Lipinski definition) is 2. The number of amides is 3. The molecule has 4 rings (SSSR count). The molecule has 8 nitrogen and oxygen atoms in total. The summed E-state index contributed by atoms with van der Waals surface area (Å²) in [6.07, 6.45) is 1.34. The largest absolute Gasteiger partial charge is 0.339 e. The van der Waals surface area contributed by atoms with Gasteiger partial charge in [0, 0.05) is 24.3 Å². The highest BCUT2D eigenvalue weighted by molar-refractivity contribution is 7.90. The second kappa shape index (κ2) is 12.4. The van der Waals surface area contributed by atoms with Crippen LogP contribution in [0.4, 0.5) is 5.69 Å². The standard InChI is InChI=1S/C31H29N3O5S/c1-3-34(4-2)31(37)28(20-22-14-17-26(18-15-22)32-29(35)24-11-6-5-7-12-24)30(36)33-40(38,39)27-19-16-23-10-8-9-13-25(23)21-27/h5-21H,3-4H2,1-2H3,(H,32,35)(H,33,36). The van der Waals surface area contributed by atoms with E-state index >= 15 is 0 Å². The number of carbonyl (C=O) groups is 3. The van der Waals surface area contributed by atoms with E-state index in [0.29, 0.717) is 35.3 Å². The first-order chi connectivity index (χ1) is 19.2. The summed E-state index contributed by atoms with van der Waals surface area (Å²) in [6.45, 7) is 4.21. The van der Waals surface area contributed by atoms with Gasteiger partial charge in [0.1, 0.15) is 5.57 Å². The van der Waals surface area contributed by atoms with Gasteiger partial charge in [-0.1, -0.05) is 60.7 Å². The molecule has 0 spiro atoms. The Morgan fingerprint density at radius 2 is 1.40 bits per heavy atom. The maximum absolute atomic E-state index is 13.3. The monoisotopic (exact) mass is 555 g/mol. The third-order valence-electron chi connectivity index (χ3n) is 6.30. The molecule has 0 aromatic heterocycles. The summed E-state index contributed by atoms with van der Waals surface area (Å²) in [6, 6.07) is 27.1. The van der Waals surface area contributed by atoms with Crippen LogP contribution < -0.4 is 10.0 Å². The van der Waals surface area contributed by atoms with E-state index in [-0.39, 0.29) is 16.4 Å². The minimum Gasteiger partial charge on any atom is -0.339 e. The third-order valence-corrected chi connectivity index (χ3v) is 7.63. The Labute approximate surface area is 233 Å². The molecule has 0 fully saturated rings. The number of anilines is 1. The molecular weight excluding hydrogens is 526 g/mol. The van der Waals surface area contributed by atoms with Crippen LogP contribution in [0.3, 0.4) is 0 Å². The van der Waals surface area contributed by atoms with Gasteiger partial charge in [0.05, 0.1) is 4.90 Å². The zero-order valence-corrected chi connectivity index (χ0v) is 22.9. The van der Waals surface area contributed by atoms with Gasteiger partial charge < -0.3 is 10.2 Å². The second-order valence-corrected chi connectivity index (χ2v) is 10.6. The molecule has 4 aromatic rings. The number of fused-ring (bicyclic) bond motifs is 1. The second-order valence-electron chi connectivity index (χ2n) is 8.92. The molecule has 2 N–H and O–H groups in total. The number of nitrogens with one attached hydrogen (secondary N) is 2. The molecule has 0 radical (unpaired) electrons. The molecule has 0 heterocycles. The van der Waals surface area contributed by atoms with Crippen molar-refractivity contribution in [3.05, 3.63) is 114 Å². The lowest BCUT2D eigenvalue weighted by Gasteiger charge is -2.20. The van der Waals surface area contributed by atoms with Crippen LogP contribution in [0.1, 0.15) is 29.8 Å². The molecular formula is C31H29N3O5S. The van der Waals surface area contributed by atoms with Gasteiger partial charge >= 0.3 is 0 Å². The molecule has 0 saturated heterocycles. The van der Waals surface area contributed by atoms with Gasteiger partial charge in [-0.15, -0.1) is 0 Å². The van der Waals surface area contributed by atoms with Crippen molar-refractivity contribution in [3.63, 3.8) is 0 Å². The summed E-state index contributed by atoms with van der Waals surface area (Å²) in [5, 5.41) is 4.35. The average molecular weight is 556 g/mol. The first-order valence-electron chi connectivity index (χ1n) is 12.7. The molecule has 0 saturated carbocycles. The van der Waals surface area contributed by atoms with Crippen molar-refractivity contribution >= 4 is 50.3 Å². The molecule has 0 aliphatic rings. The van der Waals surface area contributed by atoms with E-state index in [4.69, 9.17) is 0 Å². The van der Waals surface area contributed by atoms with Crippen LogP contribution in [-0.2, 0) is 19.6 Å². The highest BCUT2D eigenvalue weighted by atomic mass is 32.2. The topological polar surface area (TPSA) is 113 Å². The van der Waals surface area contributed by atoms with Gasteiger partial charge in [-0.3, -0.25) is 14.4 Å². The lowest BCUT2D eigenvalue weighted by molar-refractivity contribution is -0.129. The Bertz CT molecular complexity index is 1680. The van der Waals surface area contributed by atoms with E-state index in [1.165, 1.54) is 23.1 Å². The van der Waals surface area contributed by atoms with E-state index in [0.717, 1.165) is 5.39 Å². The fourth-order valence-corrected chi connectivity index (χ4v) is 5.10. The van der Waals surface area contributed by atoms with Crippen molar-refractivity contribution in [2.75, 3.05) is 18.4 Å². The summed E-state index contributed by atoms with van der Waals surface area (Å²) in [4.78, 5) is 40.3. The first kappa shape index (κ1) is 28.3. The Morgan fingerprint density at radius 3 is 2.05 bits per heavy atom.